The number of aromatic nitrogens is 2. The van der Waals surface area contributed by atoms with E-state index in [0.717, 1.165) is 29.8 Å². The molecular formula is C27H28FN5O2. The molecule has 0 saturated carbocycles. The molecule has 8 heteroatoms. The Kier molecular flexibility index (Phi) is 5.96. The maximum Gasteiger partial charge on any atom is 0.256 e. The highest BCUT2D eigenvalue weighted by Gasteiger charge is 2.50. The van der Waals surface area contributed by atoms with Crippen molar-refractivity contribution in [2.75, 3.05) is 18.4 Å². The minimum atomic E-state index is -0.613. The van der Waals surface area contributed by atoms with E-state index in [1.54, 1.807) is 17.0 Å². The number of hydrogen-bond donors (Lipinski definition) is 2. The second-order valence-electron chi connectivity index (χ2n) is 9.50. The minimum absolute atomic E-state index is 0.0269. The first-order valence-electron chi connectivity index (χ1n) is 11.9. The van der Waals surface area contributed by atoms with Crippen molar-refractivity contribution in [2.45, 2.75) is 44.6 Å². The first-order chi connectivity index (χ1) is 16.8. The smallest absolute Gasteiger partial charge is 0.256 e. The molecule has 2 aliphatic heterocycles. The number of rotatable bonds is 4. The first-order valence-corrected chi connectivity index (χ1v) is 11.9. The third-order valence-corrected chi connectivity index (χ3v) is 6.88. The predicted molar refractivity (Wildman–Crippen MR) is 131 cm³/mol. The van der Waals surface area contributed by atoms with Crippen LogP contribution in [-0.4, -0.2) is 45.3 Å². The van der Waals surface area contributed by atoms with E-state index in [2.05, 4.69) is 20.6 Å². The number of piperidine rings is 1. The van der Waals surface area contributed by atoms with Gasteiger partial charge in [0.15, 0.2) is 0 Å². The molecule has 0 radical (unpaired) electrons. The van der Waals surface area contributed by atoms with Crippen LogP contribution in [0.3, 0.4) is 0 Å². The molecule has 2 aromatic carbocycles. The van der Waals surface area contributed by atoms with Crippen molar-refractivity contribution in [1.82, 2.24) is 20.2 Å². The fraction of sp³-hybridized carbons (Fsp3) is 0.333. The summed E-state index contributed by atoms with van der Waals surface area (Å²) in [5.74, 6) is -0.281. The minimum Gasteiger partial charge on any atom is -0.348 e. The summed E-state index contributed by atoms with van der Waals surface area (Å²) in [6.45, 7) is 4.54. The Balaban J connectivity index is 1.47. The van der Waals surface area contributed by atoms with Gasteiger partial charge in [-0.2, -0.15) is 0 Å². The molecule has 0 unspecified atom stereocenters. The van der Waals surface area contributed by atoms with Crippen LogP contribution in [0.5, 0.6) is 0 Å². The van der Waals surface area contributed by atoms with Gasteiger partial charge in [-0.3, -0.25) is 9.59 Å². The third kappa shape index (κ3) is 4.60. The average molecular weight is 474 g/mol. The highest BCUT2D eigenvalue weighted by molar-refractivity contribution is 6.00. The maximum atomic E-state index is 14.1. The molecule has 180 valence electrons. The van der Waals surface area contributed by atoms with Gasteiger partial charge in [0.1, 0.15) is 5.82 Å². The number of nitrogens with one attached hydrogen (secondary N) is 2. The zero-order chi connectivity index (χ0) is 24.6. The predicted octanol–water partition coefficient (Wildman–Crippen LogP) is 4.25. The zero-order valence-electron chi connectivity index (χ0n) is 19.8. The molecule has 1 spiro atoms. The van der Waals surface area contributed by atoms with Gasteiger partial charge in [-0.25, -0.2) is 14.4 Å². The maximum absolute atomic E-state index is 14.1. The van der Waals surface area contributed by atoms with Gasteiger partial charge in [0.05, 0.1) is 16.8 Å². The highest BCUT2D eigenvalue weighted by Crippen LogP contribution is 2.42. The second-order valence-corrected chi connectivity index (χ2v) is 9.50. The molecule has 0 aliphatic carbocycles. The summed E-state index contributed by atoms with van der Waals surface area (Å²) in [7, 11) is 0. The molecule has 0 bridgehead atoms. The summed E-state index contributed by atoms with van der Waals surface area (Å²) >= 11 is 0. The number of likely N-dealkylation sites (tertiary alicyclic amines) is 1. The number of hydrogen-bond acceptors (Lipinski definition) is 5. The molecule has 2 fully saturated rings. The standard InChI is InChI=1S/C27H28FN5O2/c1-17-13-18(2)30-26(29-17)31-23-10-4-3-9-21(23)25(35)33-15-22(19-7-5-8-20(28)14-19)27(16-33)12-6-11-24(34)32-27/h3-5,7-10,13-14,22H,6,11-12,15-16H2,1-2H3,(H,32,34)(H,29,30,31)/t22-,27+/m0/s1. The third-order valence-electron chi connectivity index (χ3n) is 6.88. The Morgan fingerprint density at radius 3 is 2.63 bits per heavy atom. The first kappa shape index (κ1) is 23.0. The summed E-state index contributed by atoms with van der Waals surface area (Å²) in [5, 5.41) is 6.37. The monoisotopic (exact) mass is 473 g/mol. The molecule has 1 aromatic heterocycles. The van der Waals surface area contributed by atoms with Gasteiger partial charge in [0.2, 0.25) is 11.9 Å². The van der Waals surface area contributed by atoms with Gasteiger partial charge >= 0.3 is 0 Å². The molecule has 2 amide bonds. The quantitative estimate of drug-likeness (QED) is 0.592. The average Bonchev–Trinajstić information content (AvgIpc) is 3.16. The molecule has 2 saturated heterocycles. The number of nitrogens with zero attached hydrogens (tertiary/aromatic N) is 3. The van der Waals surface area contributed by atoms with Crippen molar-refractivity contribution in [3.8, 4) is 0 Å². The summed E-state index contributed by atoms with van der Waals surface area (Å²) in [4.78, 5) is 36.9. The lowest BCUT2D eigenvalue weighted by Gasteiger charge is -2.39. The van der Waals surface area contributed by atoms with Crippen LogP contribution in [0.25, 0.3) is 0 Å². The zero-order valence-corrected chi connectivity index (χ0v) is 19.8. The van der Waals surface area contributed by atoms with Crippen LogP contribution >= 0.6 is 0 Å². The molecule has 35 heavy (non-hydrogen) atoms. The van der Waals surface area contributed by atoms with E-state index in [1.165, 1.54) is 12.1 Å². The van der Waals surface area contributed by atoms with Crippen molar-refractivity contribution in [1.29, 1.82) is 0 Å². The number of para-hydroxylation sites is 1. The fourth-order valence-electron chi connectivity index (χ4n) is 5.41. The summed E-state index contributed by atoms with van der Waals surface area (Å²) < 4.78 is 14.1. The highest BCUT2D eigenvalue weighted by atomic mass is 19.1. The van der Waals surface area contributed by atoms with Gasteiger partial charge in [-0.15, -0.1) is 0 Å². The van der Waals surface area contributed by atoms with E-state index >= 15 is 0 Å². The lowest BCUT2D eigenvalue weighted by atomic mass is 9.76. The molecule has 7 nitrogen and oxygen atoms in total. The van der Waals surface area contributed by atoms with E-state index in [0.29, 0.717) is 36.7 Å². The van der Waals surface area contributed by atoms with Crippen molar-refractivity contribution in [3.05, 3.63) is 82.9 Å². The van der Waals surface area contributed by atoms with Crippen LogP contribution in [0, 0.1) is 19.7 Å². The normalized spacial score (nSPS) is 21.7. The van der Waals surface area contributed by atoms with Crippen molar-refractivity contribution in [3.63, 3.8) is 0 Å². The fourth-order valence-corrected chi connectivity index (χ4v) is 5.41. The number of aryl methyl sites for hydroxylation is 2. The number of benzene rings is 2. The molecule has 3 heterocycles. The molecule has 2 atom stereocenters. The van der Waals surface area contributed by atoms with Gasteiger partial charge in [-0.05, 0) is 62.6 Å². The lowest BCUT2D eigenvalue weighted by molar-refractivity contribution is -0.125. The summed E-state index contributed by atoms with van der Waals surface area (Å²) in [6.07, 6.45) is 1.94. The van der Waals surface area contributed by atoms with Crippen LogP contribution in [0.15, 0.2) is 54.6 Å². The molecule has 5 rings (SSSR count). The van der Waals surface area contributed by atoms with Gasteiger partial charge in [0, 0.05) is 36.8 Å². The summed E-state index contributed by atoms with van der Waals surface area (Å²) in [5.41, 5.74) is 2.94. The number of amides is 2. The Hall–Kier alpha value is -3.81. The molecular weight excluding hydrogens is 445 g/mol. The Morgan fingerprint density at radius 2 is 1.89 bits per heavy atom. The largest absolute Gasteiger partial charge is 0.348 e. The van der Waals surface area contributed by atoms with E-state index in [-0.39, 0.29) is 23.5 Å². The van der Waals surface area contributed by atoms with E-state index in [9.17, 15) is 14.0 Å². The lowest BCUT2D eigenvalue weighted by Crippen LogP contribution is -2.56. The molecule has 2 aliphatic rings. The number of carbonyl (C=O) groups excluding carboxylic acids is 2. The van der Waals surface area contributed by atoms with Crippen molar-refractivity contribution < 1.29 is 14.0 Å². The van der Waals surface area contributed by atoms with Crippen LogP contribution in [0.4, 0.5) is 16.0 Å². The molecule has 2 N–H and O–H groups in total. The Bertz CT molecular complexity index is 1280. The molecule has 3 aromatic rings. The van der Waals surface area contributed by atoms with E-state index in [1.807, 2.05) is 44.2 Å². The van der Waals surface area contributed by atoms with Crippen molar-refractivity contribution >= 4 is 23.5 Å². The number of anilines is 2. The van der Waals surface area contributed by atoms with Gasteiger partial charge in [0.25, 0.3) is 5.91 Å². The number of carbonyl (C=O) groups is 2. The van der Waals surface area contributed by atoms with Crippen LogP contribution < -0.4 is 10.6 Å². The second kappa shape index (κ2) is 9.09. The van der Waals surface area contributed by atoms with Gasteiger partial charge in [-0.1, -0.05) is 24.3 Å². The van der Waals surface area contributed by atoms with Gasteiger partial charge < -0.3 is 15.5 Å². The van der Waals surface area contributed by atoms with E-state index < -0.39 is 5.54 Å². The van der Waals surface area contributed by atoms with Crippen LogP contribution in [0.2, 0.25) is 0 Å². The van der Waals surface area contributed by atoms with Crippen LogP contribution in [-0.2, 0) is 4.79 Å². The SMILES string of the molecule is Cc1cc(C)nc(Nc2ccccc2C(=O)N2C[C@@H](c3cccc(F)c3)[C@@]3(CCCC(=O)N3)C2)n1. The van der Waals surface area contributed by atoms with Crippen LogP contribution in [0.1, 0.15) is 52.5 Å². The topological polar surface area (TPSA) is 87.2 Å². The number of halogens is 1. The summed E-state index contributed by atoms with van der Waals surface area (Å²) in [6, 6.07) is 15.6. The van der Waals surface area contributed by atoms with E-state index in [4.69, 9.17) is 0 Å². The Labute approximate surface area is 203 Å². The Morgan fingerprint density at radius 1 is 1.11 bits per heavy atom. The van der Waals surface area contributed by atoms with Crippen molar-refractivity contribution in [2.24, 2.45) is 0 Å².